The van der Waals surface area contributed by atoms with Crippen molar-refractivity contribution in [2.24, 2.45) is 0 Å². The van der Waals surface area contributed by atoms with E-state index in [1.54, 1.807) is 17.0 Å². The van der Waals surface area contributed by atoms with Crippen molar-refractivity contribution in [2.45, 2.75) is 36.8 Å². The van der Waals surface area contributed by atoms with Gasteiger partial charge in [-0.05, 0) is 49.1 Å². The van der Waals surface area contributed by atoms with Crippen LogP contribution in [0.5, 0.6) is 0 Å². The maximum atomic E-state index is 13.0. The zero-order chi connectivity index (χ0) is 22.7. The molecule has 2 aliphatic heterocycles. The van der Waals surface area contributed by atoms with Gasteiger partial charge in [-0.15, -0.1) is 11.3 Å². The summed E-state index contributed by atoms with van der Waals surface area (Å²) < 4.78 is 24.2. The Morgan fingerprint density at radius 1 is 1.22 bits per heavy atom. The zero-order valence-corrected chi connectivity index (χ0v) is 20.0. The number of fused-ring (bicyclic) bond motifs is 1. The predicted octanol–water partition coefficient (Wildman–Crippen LogP) is 3.29. The predicted molar refractivity (Wildman–Crippen MR) is 126 cm³/mol. The van der Waals surface area contributed by atoms with E-state index >= 15 is 0 Å². The summed E-state index contributed by atoms with van der Waals surface area (Å²) in [7, 11) is -3.06. The highest BCUT2D eigenvalue weighted by molar-refractivity contribution is 7.90. The number of rotatable bonds is 6. The fourth-order valence-corrected chi connectivity index (χ4v) is 7.37. The summed E-state index contributed by atoms with van der Waals surface area (Å²) >= 11 is 7.18. The van der Waals surface area contributed by atoms with Gasteiger partial charge in [0.15, 0.2) is 0 Å². The Morgan fingerprint density at radius 2 is 1.94 bits per heavy atom. The molecule has 3 aliphatic rings. The van der Waals surface area contributed by atoms with E-state index in [2.05, 4.69) is 5.32 Å². The van der Waals surface area contributed by atoms with Gasteiger partial charge in [-0.3, -0.25) is 9.69 Å². The van der Waals surface area contributed by atoms with Gasteiger partial charge in [-0.1, -0.05) is 23.7 Å². The van der Waals surface area contributed by atoms with E-state index in [-0.39, 0.29) is 35.2 Å². The van der Waals surface area contributed by atoms with Crippen LogP contribution >= 0.6 is 22.9 Å². The average molecular weight is 494 g/mol. The van der Waals surface area contributed by atoms with Crippen LogP contribution in [-0.2, 0) is 15.3 Å². The van der Waals surface area contributed by atoms with E-state index in [1.807, 2.05) is 29.2 Å². The van der Waals surface area contributed by atoms with Crippen LogP contribution in [0.25, 0.3) is 0 Å². The van der Waals surface area contributed by atoms with Gasteiger partial charge >= 0.3 is 6.03 Å². The third kappa shape index (κ3) is 4.02. The molecule has 0 unspecified atom stereocenters. The maximum absolute atomic E-state index is 13.0. The summed E-state index contributed by atoms with van der Waals surface area (Å²) in [6.07, 6.45) is 3.74. The molecule has 7 nitrogen and oxygen atoms in total. The molecule has 3 heterocycles. The van der Waals surface area contributed by atoms with Gasteiger partial charge in [0.25, 0.3) is 5.91 Å². The van der Waals surface area contributed by atoms with Crippen LogP contribution in [-0.4, -0.2) is 62.4 Å². The second-order valence-corrected chi connectivity index (χ2v) is 12.9. The largest absolute Gasteiger partial charge is 0.346 e. The van der Waals surface area contributed by atoms with Crippen LogP contribution in [0.3, 0.4) is 0 Å². The fourth-order valence-electron chi connectivity index (χ4n) is 4.96. The minimum atomic E-state index is -3.06. The lowest BCUT2D eigenvalue weighted by Crippen LogP contribution is -2.44. The number of hydrogen-bond donors (Lipinski definition) is 1. The van der Waals surface area contributed by atoms with E-state index in [4.69, 9.17) is 11.6 Å². The Bertz CT molecular complexity index is 1170. The number of sulfone groups is 1. The first-order valence-corrected chi connectivity index (χ1v) is 13.8. The van der Waals surface area contributed by atoms with Crippen molar-refractivity contribution in [1.82, 2.24) is 10.2 Å². The van der Waals surface area contributed by atoms with E-state index in [9.17, 15) is 18.0 Å². The van der Waals surface area contributed by atoms with Crippen molar-refractivity contribution in [3.05, 3.63) is 51.2 Å². The lowest BCUT2D eigenvalue weighted by Gasteiger charge is -2.21. The van der Waals surface area contributed by atoms with E-state index < -0.39 is 9.84 Å². The van der Waals surface area contributed by atoms with Gasteiger partial charge < -0.3 is 10.2 Å². The second kappa shape index (κ2) is 7.74. The number of carbonyl (C=O) groups excluding carboxylic acids is 2. The second-order valence-electron chi connectivity index (χ2n) is 9.02. The van der Waals surface area contributed by atoms with Crippen molar-refractivity contribution < 1.29 is 18.0 Å². The summed E-state index contributed by atoms with van der Waals surface area (Å²) in [6.45, 7) is 1.11. The first kappa shape index (κ1) is 21.7. The minimum Gasteiger partial charge on any atom is -0.346 e. The smallest absolute Gasteiger partial charge is 0.324 e. The lowest BCUT2D eigenvalue weighted by atomic mass is 9.98. The molecule has 1 saturated carbocycles. The molecule has 10 heteroatoms. The third-order valence-electron chi connectivity index (χ3n) is 6.69. The molecule has 170 valence electrons. The molecule has 0 spiro atoms. The molecule has 2 saturated heterocycles. The highest BCUT2D eigenvalue weighted by Gasteiger charge is 2.48. The molecule has 0 bridgehead atoms. The monoisotopic (exact) mass is 493 g/mol. The summed E-state index contributed by atoms with van der Waals surface area (Å²) in [5.41, 5.74) is 1.53. The van der Waals surface area contributed by atoms with Gasteiger partial charge in [0.1, 0.15) is 9.84 Å². The minimum absolute atomic E-state index is 0.0593. The summed E-state index contributed by atoms with van der Waals surface area (Å²) in [5.74, 6) is -0.00102. The number of benzene rings is 1. The molecule has 2 atom stereocenters. The van der Waals surface area contributed by atoms with Crippen molar-refractivity contribution in [3.8, 4) is 0 Å². The number of anilines is 1. The number of nitrogens with one attached hydrogen (secondary N) is 1. The van der Waals surface area contributed by atoms with Crippen LogP contribution in [0.1, 0.15) is 34.5 Å². The first-order chi connectivity index (χ1) is 15.2. The normalized spacial score (nSPS) is 24.0. The van der Waals surface area contributed by atoms with Crippen molar-refractivity contribution in [1.29, 1.82) is 0 Å². The molecule has 1 aliphatic carbocycles. The van der Waals surface area contributed by atoms with Crippen molar-refractivity contribution in [2.75, 3.05) is 30.0 Å². The number of amides is 3. The molecule has 0 radical (unpaired) electrons. The molecular formula is C22H24ClN3O4S2. The Hall–Kier alpha value is -2.10. The lowest BCUT2D eigenvalue weighted by molar-refractivity contribution is 0.0935. The molecule has 5 rings (SSSR count). The van der Waals surface area contributed by atoms with E-state index in [0.29, 0.717) is 22.3 Å². The first-order valence-electron chi connectivity index (χ1n) is 10.6. The molecular weight excluding hydrogens is 470 g/mol. The Balaban J connectivity index is 1.28. The molecule has 1 aromatic carbocycles. The molecule has 2 aromatic rings. The summed E-state index contributed by atoms with van der Waals surface area (Å²) in [6, 6.07) is 10.9. The molecule has 1 aromatic heterocycles. The highest BCUT2D eigenvalue weighted by Crippen LogP contribution is 2.49. The van der Waals surface area contributed by atoms with Crippen LogP contribution in [0, 0.1) is 0 Å². The number of urea groups is 1. The molecule has 32 heavy (non-hydrogen) atoms. The third-order valence-corrected chi connectivity index (χ3v) is 9.00. The van der Waals surface area contributed by atoms with Gasteiger partial charge in [0, 0.05) is 23.9 Å². The van der Waals surface area contributed by atoms with Gasteiger partial charge in [-0.2, -0.15) is 0 Å². The van der Waals surface area contributed by atoms with E-state index in [0.717, 1.165) is 30.5 Å². The van der Waals surface area contributed by atoms with Crippen molar-refractivity contribution in [3.63, 3.8) is 0 Å². The SMILES string of the molecule is CS(=O)(=O)CC1(c2ccc(N3C[C@@H]4[C@H](NC(=O)c5ccc(Cl)s5)CCN4C3=O)cc2)CC1. The van der Waals surface area contributed by atoms with Crippen LogP contribution in [0.4, 0.5) is 10.5 Å². The van der Waals surface area contributed by atoms with Crippen LogP contribution in [0.2, 0.25) is 4.34 Å². The Labute approximate surface area is 196 Å². The van der Waals surface area contributed by atoms with Crippen molar-refractivity contribution >= 4 is 50.4 Å². The van der Waals surface area contributed by atoms with E-state index in [1.165, 1.54) is 17.6 Å². The summed E-state index contributed by atoms with van der Waals surface area (Å²) in [5, 5.41) is 3.07. The zero-order valence-electron chi connectivity index (χ0n) is 17.6. The molecule has 3 amide bonds. The standard InChI is InChI=1S/C22H24ClN3O4S2/c1-32(29,30)13-22(9-10-22)14-2-4-15(5-3-14)26-12-17-16(8-11-25(17)21(26)28)24-20(27)18-6-7-19(23)31-18/h2-7,16-17H,8-13H2,1H3,(H,24,27)/t16-,17-/m1/s1. The molecule has 1 N–H and O–H groups in total. The van der Waals surface area contributed by atoms with Gasteiger partial charge in [0.05, 0.1) is 33.6 Å². The number of thiophene rings is 1. The van der Waals surface area contributed by atoms with Gasteiger partial charge in [0.2, 0.25) is 0 Å². The Morgan fingerprint density at radius 3 is 2.53 bits per heavy atom. The average Bonchev–Trinajstić information content (AvgIpc) is 3.06. The molecule has 3 fully saturated rings. The number of nitrogens with zero attached hydrogens (tertiary/aromatic N) is 2. The Kier molecular flexibility index (Phi) is 5.26. The number of hydrogen-bond acceptors (Lipinski definition) is 5. The number of carbonyl (C=O) groups is 2. The topological polar surface area (TPSA) is 86.8 Å². The van der Waals surface area contributed by atoms with Gasteiger partial charge in [-0.25, -0.2) is 13.2 Å². The fraction of sp³-hybridized carbons (Fsp3) is 0.455. The maximum Gasteiger partial charge on any atom is 0.324 e. The quantitative estimate of drug-likeness (QED) is 0.669. The van der Waals surface area contributed by atoms with Crippen LogP contribution < -0.4 is 10.2 Å². The summed E-state index contributed by atoms with van der Waals surface area (Å²) in [4.78, 5) is 29.7. The highest BCUT2D eigenvalue weighted by atomic mass is 35.5. The van der Waals surface area contributed by atoms with Crippen LogP contribution in [0.15, 0.2) is 36.4 Å². The number of halogens is 1.